The molecule has 1 atom stereocenters. The van der Waals surface area contributed by atoms with Crippen molar-refractivity contribution in [1.82, 2.24) is 9.47 Å². The molecule has 2 rings (SSSR count). The van der Waals surface area contributed by atoms with Gasteiger partial charge in [0, 0.05) is 31.0 Å². The average molecular weight is 320 g/mol. The molecule has 4 nitrogen and oxygen atoms in total. The lowest BCUT2D eigenvalue weighted by Gasteiger charge is -2.34. The van der Waals surface area contributed by atoms with E-state index < -0.39 is 0 Å². The number of likely N-dealkylation sites (tertiary alicyclic amines) is 1. The molecule has 0 aromatic carbocycles. The van der Waals surface area contributed by atoms with Crippen LogP contribution in [0, 0.1) is 11.8 Å². The van der Waals surface area contributed by atoms with E-state index in [9.17, 15) is 9.90 Å². The van der Waals surface area contributed by atoms with Crippen LogP contribution < -0.4 is 0 Å². The minimum absolute atomic E-state index is 0.00746. The molecular weight excluding hydrogens is 288 g/mol. The molecule has 23 heavy (non-hydrogen) atoms. The van der Waals surface area contributed by atoms with Gasteiger partial charge in [0.05, 0.1) is 11.7 Å². The smallest absolute Gasteiger partial charge is 0.255 e. The minimum atomic E-state index is -0.228. The van der Waals surface area contributed by atoms with E-state index in [2.05, 4.69) is 39.2 Å². The Hall–Kier alpha value is -1.29. The Bertz CT molecular complexity index is 520. The zero-order valence-electron chi connectivity index (χ0n) is 15.2. The van der Waals surface area contributed by atoms with Gasteiger partial charge in [-0.1, -0.05) is 13.8 Å². The van der Waals surface area contributed by atoms with Crippen LogP contribution in [-0.4, -0.2) is 39.7 Å². The predicted octanol–water partition coefficient (Wildman–Crippen LogP) is 3.50. The molecule has 0 bridgehead atoms. The van der Waals surface area contributed by atoms with Crippen LogP contribution in [0.15, 0.2) is 18.5 Å². The van der Waals surface area contributed by atoms with Gasteiger partial charge in [-0.05, 0) is 57.9 Å². The number of amides is 1. The van der Waals surface area contributed by atoms with Gasteiger partial charge in [-0.3, -0.25) is 4.79 Å². The molecule has 0 unspecified atom stereocenters. The Kier molecular flexibility index (Phi) is 5.56. The molecule has 0 aliphatic carbocycles. The summed E-state index contributed by atoms with van der Waals surface area (Å²) in [5.74, 6) is 0.965. The highest BCUT2D eigenvalue weighted by Gasteiger charge is 2.28. The van der Waals surface area contributed by atoms with Crippen LogP contribution in [0.25, 0.3) is 0 Å². The summed E-state index contributed by atoms with van der Waals surface area (Å²) < 4.78 is 2.08. The number of aromatic nitrogens is 1. The van der Waals surface area contributed by atoms with Gasteiger partial charge in [-0.15, -0.1) is 0 Å². The van der Waals surface area contributed by atoms with Crippen LogP contribution in [0.5, 0.6) is 0 Å². The number of nitrogens with zero attached hydrogens (tertiary/aromatic N) is 2. The maximum Gasteiger partial charge on any atom is 0.255 e. The van der Waals surface area contributed by atoms with Gasteiger partial charge in [0.2, 0.25) is 0 Å². The van der Waals surface area contributed by atoms with Crippen molar-refractivity contribution in [1.29, 1.82) is 0 Å². The van der Waals surface area contributed by atoms with E-state index in [0.717, 1.165) is 37.9 Å². The van der Waals surface area contributed by atoms with Gasteiger partial charge in [-0.2, -0.15) is 0 Å². The highest BCUT2D eigenvalue weighted by atomic mass is 16.3. The van der Waals surface area contributed by atoms with Crippen molar-refractivity contribution in [2.45, 2.75) is 65.5 Å². The Labute approximate surface area is 140 Å². The van der Waals surface area contributed by atoms with Gasteiger partial charge in [0.15, 0.2) is 0 Å². The first kappa shape index (κ1) is 18.1. The molecule has 1 N–H and O–H groups in total. The molecule has 0 spiro atoms. The monoisotopic (exact) mass is 320 g/mol. The van der Waals surface area contributed by atoms with E-state index in [1.54, 1.807) is 0 Å². The Morgan fingerprint density at radius 2 is 1.91 bits per heavy atom. The quantitative estimate of drug-likeness (QED) is 0.923. The molecule has 1 aromatic rings. The highest BCUT2D eigenvalue weighted by molar-refractivity contribution is 5.94. The maximum absolute atomic E-state index is 12.6. The minimum Gasteiger partial charge on any atom is -0.393 e. The Balaban J connectivity index is 1.92. The standard InChI is InChI=1S/C19H32N2O2/c1-14(2)12-17(22)15-6-9-20(10-7-15)18(23)16-8-11-21(13-16)19(3,4)5/h8,11,13-15,17,22H,6-7,9-10,12H2,1-5H3/t17-/m0/s1. The molecule has 1 amide bonds. The number of piperidine rings is 1. The second-order valence-corrected chi connectivity index (χ2v) is 8.30. The molecule has 0 radical (unpaired) electrons. The first-order chi connectivity index (χ1) is 10.7. The molecule has 1 aliphatic rings. The molecule has 130 valence electrons. The van der Waals surface area contributed by atoms with Crippen LogP contribution >= 0.6 is 0 Å². The summed E-state index contributed by atoms with van der Waals surface area (Å²) >= 11 is 0. The van der Waals surface area contributed by atoms with Crippen molar-refractivity contribution in [2.24, 2.45) is 11.8 Å². The van der Waals surface area contributed by atoms with Crippen LogP contribution in [0.2, 0.25) is 0 Å². The van der Waals surface area contributed by atoms with Crippen molar-refractivity contribution in [2.75, 3.05) is 13.1 Å². The number of hydrogen-bond donors (Lipinski definition) is 1. The second kappa shape index (κ2) is 7.08. The third kappa shape index (κ3) is 4.60. The third-order valence-corrected chi connectivity index (χ3v) is 4.80. The van der Waals surface area contributed by atoms with E-state index in [4.69, 9.17) is 0 Å². The van der Waals surface area contributed by atoms with Crippen molar-refractivity contribution in [3.63, 3.8) is 0 Å². The summed E-state index contributed by atoms with van der Waals surface area (Å²) in [4.78, 5) is 14.6. The molecular formula is C19H32N2O2. The summed E-state index contributed by atoms with van der Waals surface area (Å²) in [5.41, 5.74) is 0.757. The number of carbonyl (C=O) groups is 1. The summed E-state index contributed by atoms with van der Waals surface area (Å²) in [6.45, 7) is 12.2. The fraction of sp³-hybridized carbons (Fsp3) is 0.737. The number of hydrogen-bond acceptors (Lipinski definition) is 2. The zero-order valence-corrected chi connectivity index (χ0v) is 15.2. The van der Waals surface area contributed by atoms with Crippen molar-refractivity contribution in [3.8, 4) is 0 Å². The molecule has 1 fully saturated rings. The lowest BCUT2D eigenvalue weighted by molar-refractivity contribution is 0.0385. The number of aliphatic hydroxyl groups is 1. The van der Waals surface area contributed by atoms with Crippen LogP contribution in [0.3, 0.4) is 0 Å². The molecule has 1 aromatic heterocycles. The first-order valence-corrected chi connectivity index (χ1v) is 8.84. The summed E-state index contributed by atoms with van der Waals surface area (Å²) in [5, 5.41) is 10.3. The molecule has 0 saturated carbocycles. The first-order valence-electron chi connectivity index (χ1n) is 8.84. The maximum atomic E-state index is 12.6. The Morgan fingerprint density at radius 3 is 2.39 bits per heavy atom. The van der Waals surface area contributed by atoms with Crippen LogP contribution in [-0.2, 0) is 5.54 Å². The molecule has 4 heteroatoms. The molecule has 2 heterocycles. The van der Waals surface area contributed by atoms with Crippen molar-refractivity contribution in [3.05, 3.63) is 24.0 Å². The zero-order chi connectivity index (χ0) is 17.2. The van der Waals surface area contributed by atoms with Crippen LogP contribution in [0.4, 0.5) is 0 Å². The van der Waals surface area contributed by atoms with Gasteiger partial charge in [0.1, 0.15) is 0 Å². The molecule has 1 aliphatic heterocycles. The fourth-order valence-corrected chi connectivity index (χ4v) is 3.29. The van der Waals surface area contributed by atoms with Gasteiger partial charge in [-0.25, -0.2) is 0 Å². The largest absolute Gasteiger partial charge is 0.393 e. The van der Waals surface area contributed by atoms with Crippen molar-refractivity contribution >= 4 is 5.91 Å². The summed E-state index contributed by atoms with van der Waals surface area (Å²) in [7, 11) is 0. The lowest BCUT2D eigenvalue weighted by Crippen LogP contribution is -2.41. The Morgan fingerprint density at radius 1 is 1.30 bits per heavy atom. The van der Waals surface area contributed by atoms with E-state index >= 15 is 0 Å². The predicted molar refractivity (Wildman–Crippen MR) is 93.5 cm³/mol. The fourth-order valence-electron chi connectivity index (χ4n) is 3.29. The van der Waals surface area contributed by atoms with Crippen LogP contribution in [0.1, 0.15) is 64.2 Å². The van der Waals surface area contributed by atoms with Gasteiger partial charge in [0.25, 0.3) is 5.91 Å². The third-order valence-electron chi connectivity index (χ3n) is 4.80. The average Bonchev–Trinajstić information content (AvgIpc) is 2.96. The van der Waals surface area contributed by atoms with E-state index in [1.165, 1.54) is 0 Å². The SMILES string of the molecule is CC(C)C[C@H](O)C1CCN(C(=O)c2ccn(C(C)(C)C)c2)CC1. The number of rotatable bonds is 4. The number of carbonyl (C=O) groups excluding carboxylic acids is 1. The lowest BCUT2D eigenvalue weighted by atomic mass is 9.87. The van der Waals surface area contributed by atoms with Gasteiger partial charge < -0.3 is 14.6 Å². The molecule has 1 saturated heterocycles. The van der Waals surface area contributed by atoms with Crippen molar-refractivity contribution < 1.29 is 9.90 Å². The normalized spacial score (nSPS) is 18.5. The van der Waals surface area contributed by atoms with E-state index in [0.29, 0.717) is 11.8 Å². The number of aliphatic hydroxyl groups excluding tert-OH is 1. The van der Waals surface area contributed by atoms with E-state index in [1.807, 2.05) is 23.4 Å². The highest BCUT2D eigenvalue weighted by Crippen LogP contribution is 2.26. The summed E-state index contributed by atoms with van der Waals surface area (Å²) in [6.07, 6.45) is 6.36. The topological polar surface area (TPSA) is 45.5 Å². The van der Waals surface area contributed by atoms with Gasteiger partial charge >= 0.3 is 0 Å². The summed E-state index contributed by atoms with van der Waals surface area (Å²) in [6, 6.07) is 1.91. The second-order valence-electron chi connectivity index (χ2n) is 8.30. The van der Waals surface area contributed by atoms with E-state index in [-0.39, 0.29) is 17.6 Å².